The van der Waals surface area contributed by atoms with Crippen LogP contribution in [0, 0.1) is 4.78 Å². The predicted octanol–water partition coefficient (Wildman–Crippen LogP) is 1.32. The van der Waals surface area contributed by atoms with Gasteiger partial charge in [0.2, 0.25) is 0 Å². The maximum absolute atomic E-state index is 6.36. The Hall–Kier alpha value is 0.320. The Labute approximate surface area is 30.4 Å². The highest BCUT2D eigenvalue weighted by molar-refractivity contribution is 8.00. The average molecular weight is 93.1 g/mol. The number of rotatable bonds is 0. The van der Waals surface area contributed by atoms with Crippen molar-refractivity contribution in [1.29, 1.82) is 4.78 Å². The molecule has 0 aromatic carbocycles. The van der Waals surface area contributed by atoms with E-state index in [2.05, 4.69) is 0 Å². The van der Waals surface area contributed by atoms with Crippen LogP contribution in [-0.2, 0) is 10.7 Å². The third kappa shape index (κ3) is 2.32. The lowest BCUT2D eigenvalue weighted by Gasteiger charge is -1.35. The van der Waals surface area contributed by atoms with Crippen molar-refractivity contribution in [3.63, 3.8) is 0 Å². The van der Waals surface area contributed by atoms with E-state index in [9.17, 15) is 0 Å². The highest BCUT2D eigenvalue weighted by Crippen LogP contribution is 1.73. The van der Waals surface area contributed by atoms with E-state index in [1.807, 2.05) is 6.66 Å². The Morgan fingerprint density at radius 1 is 2.00 bits per heavy atom. The second kappa shape index (κ2) is 3.32. The van der Waals surface area contributed by atoms with Crippen LogP contribution in [-0.4, -0.2) is 6.66 Å². The highest BCUT2D eigenvalue weighted by atomic mass is 32.4. The molecule has 0 atom stereocenters. The average Bonchev–Trinajstić information content (AvgIpc) is 1.37. The summed E-state index contributed by atoms with van der Waals surface area (Å²) in [6, 6.07) is 0. The third-order valence-electron chi connectivity index (χ3n) is 0.0913. The Kier molecular flexibility index (Phi) is 3.59. The normalized spacial score (nSPS) is 7.25. The van der Waals surface area contributed by atoms with E-state index in [0.29, 0.717) is 0 Å². The molecule has 0 radical (unpaired) electrons. The van der Waals surface area contributed by atoms with Gasteiger partial charge in [-0.1, -0.05) is 0 Å². The van der Waals surface area contributed by atoms with Crippen LogP contribution in [0.1, 0.15) is 0 Å². The molecule has 0 aliphatic heterocycles. The standard InChI is InChI=1S/CH4NPS/c1-3-4-2/h2H,1H3. The van der Waals surface area contributed by atoms with E-state index in [1.165, 1.54) is 0 Å². The molecule has 0 fully saturated rings. The molecule has 4 heavy (non-hydrogen) atoms. The van der Waals surface area contributed by atoms with Crippen LogP contribution < -0.4 is 0 Å². The van der Waals surface area contributed by atoms with Crippen molar-refractivity contribution >= 4 is 18.1 Å². The maximum atomic E-state index is 6.36. The largest absolute Gasteiger partial charge is 0.242 e. The molecule has 0 aromatic rings. The Morgan fingerprint density at radius 3 is 2.25 bits per heavy atom. The minimum atomic E-state index is 1.08. The Bertz CT molecular complexity index is 46.0. The number of nitrogens with one attached hydrogen (secondary N) is 1. The first-order chi connectivity index (χ1) is 1.91. The first-order valence-electron chi connectivity index (χ1n) is 0.834. The van der Waals surface area contributed by atoms with Crippen LogP contribution in [0.15, 0.2) is 0 Å². The van der Waals surface area contributed by atoms with E-state index >= 15 is 0 Å². The lowest BCUT2D eigenvalue weighted by molar-refractivity contribution is 1.67. The van der Waals surface area contributed by atoms with Gasteiger partial charge in [0.25, 0.3) is 0 Å². The summed E-state index contributed by atoms with van der Waals surface area (Å²) >= 11 is 0. The van der Waals surface area contributed by atoms with Crippen molar-refractivity contribution in [2.75, 3.05) is 6.66 Å². The third-order valence-corrected chi connectivity index (χ3v) is 0.822. The smallest absolute Gasteiger partial charge is 0.0112 e. The first-order valence-corrected chi connectivity index (χ1v) is 3.60. The molecular weight excluding hydrogens is 89.1 g/mol. The van der Waals surface area contributed by atoms with Gasteiger partial charge in [-0.25, -0.2) is 4.78 Å². The summed E-state index contributed by atoms with van der Waals surface area (Å²) in [6.07, 6.45) is 0. The van der Waals surface area contributed by atoms with E-state index in [4.69, 9.17) is 4.78 Å². The van der Waals surface area contributed by atoms with Gasteiger partial charge in [0.15, 0.2) is 0 Å². The second-order valence-electron chi connectivity index (χ2n) is 0.274. The minimum absolute atomic E-state index is 1.08. The summed E-state index contributed by atoms with van der Waals surface area (Å²) in [6.45, 7) is 1.93. The lowest BCUT2D eigenvalue weighted by Crippen LogP contribution is -1.07. The molecule has 0 saturated carbocycles. The van der Waals surface area contributed by atoms with Gasteiger partial charge in [0.1, 0.15) is 0 Å². The summed E-state index contributed by atoms with van der Waals surface area (Å²) < 4.78 is 6.36. The summed E-state index contributed by atoms with van der Waals surface area (Å²) in [5.41, 5.74) is 0. The van der Waals surface area contributed by atoms with Crippen LogP contribution in [0.5, 0.6) is 0 Å². The molecule has 0 spiro atoms. The number of hydrogen-bond donors (Lipinski definition) is 1. The fraction of sp³-hybridized carbons (Fsp3) is 1.00. The van der Waals surface area contributed by atoms with Crippen LogP contribution in [0.25, 0.3) is 0 Å². The molecule has 24 valence electrons. The molecular formula is CH4NPS. The van der Waals surface area contributed by atoms with Crippen LogP contribution in [0.4, 0.5) is 0 Å². The van der Waals surface area contributed by atoms with Crippen LogP contribution >= 0.6 is 7.36 Å². The van der Waals surface area contributed by atoms with Crippen molar-refractivity contribution in [2.45, 2.75) is 0 Å². The van der Waals surface area contributed by atoms with Gasteiger partial charge >= 0.3 is 0 Å². The van der Waals surface area contributed by atoms with E-state index in [0.717, 1.165) is 18.1 Å². The van der Waals surface area contributed by atoms with Crippen molar-refractivity contribution in [1.82, 2.24) is 0 Å². The molecule has 0 rings (SSSR count). The molecule has 0 aliphatic carbocycles. The van der Waals surface area contributed by atoms with Crippen molar-refractivity contribution < 1.29 is 0 Å². The zero-order valence-corrected chi connectivity index (χ0v) is 4.07. The predicted molar refractivity (Wildman–Crippen MR) is 22.9 cm³/mol. The van der Waals surface area contributed by atoms with Crippen LogP contribution in [0.2, 0.25) is 0 Å². The van der Waals surface area contributed by atoms with E-state index in [-0.39, 0.29) is 0 Å². The zero-order chi connectivity index (χ0) is 3.41. The fourth-order valence-corrected chi connectivity index (χ4v) is 0. The van der Waals surface area contributed by atoms with Crippen LogP contribution in [0.3, 0.4) is 0 Å². The topological polar surface area (TPSA) is 23.9 Å². The second-order valence-corrected chi connectivity index (χ2v) is 2.46. The zero-order valence-electron chi connectivity index (χ0n) is 2.36. The van der Waals surface area contributed by atoms with Crippen molar-refractivity contribution in [2.24, 2.45) is 0 Å². The molecule has 0 amide bonds. The Balaban J connectivity index is 3.11. The van der Waals surface area contributed by atoms with Crippen molar-refractivity contribution in [3.8, 4) is 0 Å². The monoisotopic (exact) mass is 93.0 g/mol. The molecule has 1 nitrogen and oxygen atoms in total. The Morgan fingerprint density at radius 2 is 2.25 bits per heavy atom. The molecule has 1 N–H and O–H groups in total. The van der Waals surface area contributed by atoms with Gasteiger partial charge in [0.05, 0.1) is 0 Å². The molecule has 0 unspecified atom stereocenters. The summed E-state index contributed by atoms with van der Waals surface area (Å²) in [5.74, 6) is 0. The van der Waals surface area contributed by atoms with Crippen molar-refractivity contribution in [3.05, 3.63) is 0 Å². The van der Waals surface area contributed by atoms with Gasteiger partial charge in [-0.2, -0.15) is 0 Å². The quantitative estimate of drug-likeness (QED) is 0.437. The summed E-state index contributed by atoms with van der Waals surface area (Å²) in [5, 5.41) is 0. The molecule has 0 heterocycles. The van der Waals surface area contributed by atoms with E-state index in [1.54, 1.807) is 0 Å². The first kappa shape index (κ1) is 4.32. The maximum Gasteiger partial charge on any atom is -0.0112 e. The van der Waals surface area contributed by atoms with Gasteiger partial charge in [-0.3, -0.25) is 0 Å². The summed E-state index contributed by atoms with van der Waals surface area (Å²) in [7, 11) is 2.16. The van der Waals surface area contributed by atoms with Gasteiger partial charge in [0, 0.05) is 0 Å². The number of hydrogen-bond acceptors (Lipinski definition) is 1. The van der Waals surface area contributed by atoms with Gasteiger partial charge in [-0.05, 0) is 24.8 Å². The SMILES string of the molecule is CP=S=N. The van der Waals surface area contributed by atoms with Gasteiger partial charge < -0.3 is 0 Å². The molecule has 0 aliphatic rings. The highest BCUT2D eigenvalue weighted by Gasteiger charge is 1.27. The molecule has 0 bridgehead atoms. The minimum Gasteiger partial charge on any atom is -0.242 e. The van der Waals surface area contributed by atoms with Gasteiger partial charge in [-0.15, -0.1) is 0 Å². The van der Waals surface area contributed by atoms with E-state index < -0.39 is 0 Å². The summed E-state index contributed by atoms with van der Waals surface area (Å²) in [4.78, 5) is 0. The fourth-order valence-electron chi connectivity index (χ4n) is 0. The molecule has 3 heteroatoms. The lowest BCUT2D eigenvalue weighted by atomic mass is 12.0. The molecule has 0 saturated heterocycles. The molecule has 0 aromatic heterocycles.